The van der Waals surface area contributed by atoms with E-state index < -0.39 is 27.8 Å². The van der Waals surface area contributed by atoms with Crippen molar-refractivity contribution in [3.05, 3.63) is 78.4 Å². The molecule has 2 aromatic heterocycles. The number of carbonyl (C=O) groups is 1. The fourth-order valence-corrected chi connectivity index (χ4v) is 3.58. The minimum absolute atomic E-state index is 0.0107. The van der Waals surface area contributed by atoms with Crippen molar-refractivity contribution in [3.63, 3.8) is 0 Å². The van der Waals surface area contributed by atoms with Gasteiger partial charge in [0, 0.05) is 23.3 Å². The van der Waals surface area contributed by atoms with E-state index in [1.165, 1.54) is 35.3 Å². The zero-order valence-corrected chi connectivity index (χ0v) is 18.9. The van der Waals surface area contributed by atoms with Crippen LogP contribution >= 0.6 is 0 Å². The summed E-state index contributed by atoms with van der Waals surface area (Å²) in [4.78, 5) is 20.7. The molecule has 182 valence electrons. The molecule has 0 atom stereocenters. The molecule has 4 rings (SSSR count). The average molecular weight is 505 g/mol. The van der Waals surface area contributed by atoms with Crippen molar-refractivity contribution in [2.24, 2.45) is 0 Å². The number of rotatable bonds is 6. The molecule has 2 N–H and O–H groups in total. The second kappa shape index (κ2) is 9.35. The molecule has 35 heavy (non-hydrogen) atoms. The molecule has 13 heteroatoms. The van der Waals surface area contributed by atoms with Crippen molar-refractivity contribution in [2.45, 2.75) is 12.7 Å². The van der Waals surface area contributed by atoms with Crippen LogP contribution in [0.1, 0.15) is 11.3 Å². The van der Waals surface area contributed by atoms with Crippen LogP contribution in [0.2, 0.25) is 0 Å². The van der Waals surface area contributed by atoms with E-state index in [4.69, 9.17) is 4.74 Å². The number of halogens is 3. The minimum atomic E-state index is -4.52. The molecule has 0 radical (unpaired) electrons. The second-order valence-corrected chi connectivity index (χ2v) is 9.29. The highest BCUT2D eigenvalue weighted by molar-refractivity contribution is 7.88. The smallest absolute Gasteiger partial charge is 0.416 e. The highest BCUT2D eigenvalue weighted by Gasteiger charge is 2.30. The first-order chi connectivity index (χ1) is 16.5. The molecule has 1 amide bonds. The third-order valence-electron chi connectivity index (χ3n) is 4.76. The summed E-state index contributed by atoms with van der Waals surface area (Å²) in [6.45, 7) is -0.0272. The maximum absolute atomic E-state index is 12.9. The Balaban J connectivity index is 1.49. The highest BCUT2D eigenvalue weighted by atomic mass is 32.2. The summed E-state index contributed by atoms with van der Waals surface area (Å²) >= 11 is 0. The number of anilines is 1. The molecule has 2 aromatic carbocycles. The Morgan fingerprint density at radius 2 is 1.89 bits per heavy atom. The average Bonchev–Trinajstić information content (AvgIpc) is 3.21. The Labute approximate surface area is 197 Å². The zero-order chi connectivity index (χ0) is 25.2. The number of benzene rings is 2. The lowest BCUT2D eigenvalue weighted by Gasteiger charge is -2.11. The third kappa shape index (κ3) is 6.13. The zero-order valence-electron chi connectivity index (χ0n) is 18.1. The summed E-state index contributed by atoms with van der Waals surface area (Å²) in [6, 6.07) is 11.7. The van der Waals surface area contributed by atoms with Gasteiger partial charge in [-0.25, -0.2) is 27.9 Å². The predicted octanol–water partition coefficient (Wildman–Crippen LogP) is 4.37. The van der Waals surface area contributed by atoms with Crippen molar-refractivity contribution >= 4 is 32.6 Å². The molecule has 0 unspecified atom stereocenters. The number of aromatic nitrogens is 3. The van der Waals surface area contributed by atoms with Crippen LogP contribution < -0.4 is 14.8 Å². The van der Waals surface area contributed by atoms with Crippen LogP contribution in [0.4, 0.5) is 23.7 Å². The van der Waals surface area contributed by atoms with Gasteiger partial charge in [-0.05, 0) is 42.5 Å². The van der Waals surface area contributed by atoms with Crippen LogP contribution in [0, 0.1) is 0 Å². The Morgan fingerprint density at radius 1 is 1.09 bits per heavy atom. The van der Waals surface area contributed by atoms with E-state index in [1.807, 2.05) is 0 Å². The summed E-state index contributed by atoms with van der Waals surface area (Å²) < 4.78 is 70.6. The van der Waals surface area contributed by atoms with Crippen LogP contribution in [0.5, 0.6) is 11.6 Å². The van der Waals surface area contributed by atoms with E-state index in [2.05, 4.69) is 20.0 Å². The van der Waals surface area contributed by atoms with Crippen LogP contribution in [-0.4, -0.2) is 35.2 Å². The summed E-state index contributed by atoms with van der Waals surface area (Å²) in [6.07, 6.45) is -0.766. The van der Waals surface area contributed by atoms with E-state index >= 15 is 0 Å². The maximum Gasteiger partial charge on any atom is 0.416 e. The van der Waals surface area contributed by atoms with E-state index in [1.54, 1.807) is 24.3 Å². The van der Waals surface area contributed by atoms with Crippen LogP contribution in [0.15, 0.2) is 67.1 Å². The predicted molar refractivity (Wildman–Crippen MR) is 122 cm³/mol. The number of hydrogen-bond acceptors (Lipinski definition) is 6. The van der Waals surface area contributed by atoms with Gasteiger partial charge in [0.05, 0.1) is 29.6 Å². The number of alkyl halides is 3. The third-order valence-corrected chi connectivity index (χ3v) is 5.43. The van der Waals surface area contributed by atoms with E-state index in [0.717, 1.165) is 18.4 Å². The summed E-state index contributed by atoms with van der Waals surface area (Å²) in [5.74, 6) is 0.584. The van der Waals surface area contributed by atoms with Gasteiger partial charge >= 0.3 is 12.2 Å². The first kappa shape index (κ1) is 24.2. The molecule has 4 aromatic rings. The maximum atomic E-state index is 12.9. The first-order valence-corrected chi connectivity index (χ1v) is 11.9. The Bertz CT molecular complexity index is 1500. The highest BCUT2D eigenvalue weighted by Crippen LogP contribution is 2.31. The van der Waals surface area contributed by atoms with E-state index in [0.29, 0.717) is 22.3 Å². The van der Waals surface area contributed by atoms with Gasteiger partial charge in [-0.3, -0.25) is 4.57 Å². The van der Waals surface area contributed by atoms with Crippen molar-refractivity contribution < 1.29 is 31.1 Å². The number of sulfonamides is 1. The molecule has 0 saturated carbocycles. The Morgan fingerprint density at radius 3 is 2.63 bits per heavy atom. The number of fused-ring (bicyclic) bond motifs is 1. The number of amides is 1. The summed E-state index contributed by atoms with van der Waals surface area (Å²) in [5, 5.41) is 3.09. The van der Waals surface area contributed by atoms with Crippen molar-refractivity contribution in [2.75, 3.05) is 11.6 Å². The van der Waals surface area contributed by atoms with Gasteiger partial charge in [0.15, 0.2) is 0 Å². The lowest BCUT2D eigenvalue weighted by Crippen LogP contribution is -2.21. The quantitative estimate of drug-likeness (QED) is 0.402. The van der Waals surface area contributed by atoms with Gasteiger partial charge in [-0.15, -0.1) is 0 Å². The van der Waals surface area contributed by atoms with Crippen molar-refractivity contribution in [1.82, 2.24) is 19.3 Å². The summed E-state index contributed by atoms with van der Waals surface area (Å²) in [5.41, 5.74) is 0.0486. The number of nitrogens with zero attached hydrogens (tertiary/aromatic N) is 3. The standard InChI is InChI=1S/C22H18F3N5O4S/c1-35(32,33)28-12-17-11-20(27-13-26-17)34-18-5-6-19-14(9-18)7-8-30(19)21(31)29-16-4-2-3-15(10-16)22(23,24)25/h2-11,13,28H,12H2,1H3,(H,29,31). The van der Waals surface area contributed by atoms with Crippen molar-refractivity contribution in [3.8, 4) is 11.6 Å². The fourth-order valence-electron chi connectivity index (χ4n) is 3.17. The molecule has 0 bridgehead atoms. The van der Waals surface area contributed by atoms with Crippen LogP contribution in [0.25, 0.3) is 10.9 Å². The number of nitrogens with one attached hydrogen (secondary N) is 2. The Hall–Kier alpha value is -3.97. The van der Waals surface area contributed by atoms with Crippen LogP contribution in [0.3, 0.4) is 0 Å². The first-order valence-electron chi connectivity index (χ1n) is 10.0. The largest absolute Gasteiger partial charge is 0.439 e. The normalized spacial score (nSPS) is 12.0. The molecule has 9 nitrogen and oxygen atoms in total. The lowest BCUT2D eigenvalue weighted by molar-refractivity contribution is -0.137. The minimum Gasteiger partial charge on any atom is -0.439 e. The molecule has 0 spiro atoms. The van der Waals surface area contributed by atoms with Gasteiger partial charge in [-0.1, -0.05) is 6.07 Å². The molecular weight excluding hydrogens is 487 g/mol. The summed E-state index contributed by atoms with van der Waals surface area (Å²) in [7, 11) is -3.39. The number of carbonyl (C=O) groups excluding carboxylic acids is 1. The van der Waals surface area contributed by atoms with Gasteiger partial charge < -0.3 is 10.1 Å². The molecule has 0 aliphatic carbocycles. The molecular formula is C22H18F3N5O4S. The molecule has 0 aliphatic heterocycles. The van der Waals surface area contributed by atoms with Gasteiger partial charge in [-0.2, -0.15) is 13.2 Å². The molecule has 0 aliphatic rings. The van der Waals surface area contributed by atoms with E-state index in [9.17, 15) is 26.4 Å². The molecule has 0 fully saturated rings. The van der Waals surface area contributed by atoms with E-state index in [-0.39, 0.29) is 18.1 Å². The second-order valence-electron chi connectivity index (χ2n) is 7.46. The van der Waals surface area contributed by atoms with Gasteiger partial charge in [0.1, 0.15) is 12.1 Å². The monoisotopic (exact) mass is 505 g/mol. The van der Waals surface area contributed by atoms with Crippen molar-refractivity contribution in [1.29, 1.82) is 0 Å². The number of ether oxygens (including phenoxy) is 1. The molecule has 2 heterocycles. The number of hydrogen-bond donors (Lipinski definition) is 2. The topological polar surface area (TPSA) is 115 Å². The van der Waals surface area contributed by atoms with Crippen LogP contribution in [-0.2, 0) is 22.7 Å². The van der Waals surface area contributed by atoms with Gasteiger partial charge in [0.25, 0.3) is 0 Å². The van der Waals surface area contributed by atoms with Gasteiger partial charge in [0.2, 0.25) is 15.9 Å². The SMILES string of the molecule is CS(=O)(=O)NCc1cc(Oc2ccc3c(ccn3C(=O)Nc3cccc(C(F)(F)F)c3)c2)ncn1. The fraction of sp³-hybridized carbons (Fsp3) is 0.136. The molecule has 0 saturated heterocycles. The Kier molecular flexibility index (Phi) is 6.45. The lowest BCUT2D eigenvalue weighted by atomic mass is 10.2.